The lowest BCUT2D eigenvalue weighted by molar-refractivity contribution is -0.144. The highest BCUT2D eigenvalue weighted by Gasteiger charge is 2.38. The molecule has 2 aromatic heterocycles. The number of nitrogens with zero attached hydrogens (tertiary/aromatic N) is 3. The Morgan fingerprint density at radius 2 is 1.89 bits per heavy atom. The second-order valence-electron chi connectivity index (χ2n) is 8.12. The molecule has 2 saturated carbocycles. The summed E-state index contributed by atoms with van der Waals surface area (Å²) in [5.74, 6) is 1.03. The summed E-state index contributed by atoms with van der Waals surface area (Å²) in [4.78, 5) is 29.9. The van der Waals surface area contributed by atoms with E-state index >= 15 is 0 Å². The van der Waals surface area contributed by atoms with Crippen molar-refractivity contribution >= 4 is 11.8 Å². The molecule has 0 N–H and O–H groups in total. The van der Waals surface area contributed by atoms with E-state index in [1.165, 1.54) is 0 Å². The fourth-order valence-electron chi connectivity index (χ4n) is 4.11. The summed E-state index contributed by atoms with van der Waals surface area (Å²) in [5, 5.41) is 0. The molecule has 0 radical (unpaired) electrons. The van der Waals surface area contributed by atoms with Crippen LogP contribution in [0.3, 0.4) is 0 Å². The maximum Gasteiger partial charge on any atom is 0.242 e. The summed E-state index contributed by atoms with van der Waals surface area (Å²) in [7, 11) is 1.98. The van der Waals surface area contributed by atoms with Gasteiger partial charge in [0, 0.05) is 30.9 Å². The van der Waals surface area contributed by atoms with E-state index < -0.39 is 0 Å². The van der Waals surface area contributed by atoms with Crippen LogP contribution < -0.4 is 0 Å². The normalized spacial score (nSPS) is 17.0. The first kappa shape index (κ1) is 18.8. The van der Waals surface area contributed by atoms with Crippen LogP contribution in [-0.4, -0.2) is 38.8 Å². The number of hydrogen-bond acceptors (Lipinski definition) is 3. The number of aromatic nitrogens is 1. The molecule has 6 nitrogen and oxygen atoms in total. The maximum absolute atomic E-state index is 13.3. The summed E-state index contributed by atoms with van der Waals surface area (Å²) in [6.07, 6.45) is 9.82. The molecule has 2 heterocycles. The largest absolute Gasteiger partial charge is 0.467 e. The Hall–Kier alpha value is -2.50. The van der Waals surface area contributed by atoms with Crippen LogP contribution in [0.5, 0.6) is 0 Å². The molecule has 2 aliphatic rings. The predicted octanol–water partition coefficient (Wildman–Crippen LogP) is 3.33. The fourth-order valence-corrected chi connectivity index (χ4v) is 4.11. The standard InChI is InChI=1S/C22H29N3O3/c1-23-12-4-8-19(23)14-24(15-20-9-5-13-28-20)21(26)16-25(18-10-11-18)22(27)17-6-2-3-7-17/h4-5,8-9,12-13,17-18H,2-3,6-7,10-11,14-16H2,1H3. The minimum absolute atomic E-state index is 0.0177. The first-order valence-corrected chi connectivity index (χ1v) is 10.3. The first-order chi connectivity index (χ1) is 13.6. The van der Waals surface area contributed by atoms with Crippen molar-refractivity contribution in [3.63, 3.8) is 0 Å². The van der Waals surface area contributed by atoms with Crippen molar-refractivity contribution in [3.8, 4) is 0 Å². The van der Waals surface area contributed by atoms with Gasteiger partial charge in [0.15, 0.2) is 0 Å². The zero-order valence-electron chi connectivity index (χ0n) is 16.5. The van der Waals surface area contributed by atoms with Gasteiger partial charge in [-0.3, -0.25) is 9.59 Å². The Morgan fingerprint density at radius 1 is 1.11 bits per heavy atom. The Kier molecular flexibility index (Phi) is 5.55. The number of carbonyl (C=O) groups is 2. The van der Waals surface area contributed by atoms with E-state index in [0.29, 0.717) is 13.1 Å². The van der Waals surface area contributed by atoms with Gasteiger partial charge in [-0.15, -0.1) is 0 Å². The average molecular weight is 383 g/mol. The average Bonchev–Trinajstić information content (AvgIpc) is 3.08. The van der Waals surface area contributed by atoms with Gasteiger partial charge in [0.1, 0.15) is 12.3 Å². The van der Waals surface area contributed by atoms with Crippen molar-refractivity contribution in [1.82, 2.24) is 14.4 Å². The van der Waals surface area contributed by atoms with Crippen LogP contribution in [0.15, 0.2) is 41.1 Å². The zero-order chi connectivity index (χ0) is 19.5. The van der Waals surface area contributed by atoms with Gasteiger partial charge < -0.3 is 18.8 Å². The summed E-state index contributed by atoms with van der Waals surface area (Å²) < 4.78 is 7.49. The highest BCUT2D eigenvalue weighted by Crippen LogP contribution is 2.33. The van der Waals surface area contributed by atoms with Crippen molar-refractivity contribution in [2.75, 3.05) is 6.54 Å². The van der Waals surface area contributed by atoms with E-state index in [2.05, 4.69) is 0 Å². The topological polar surface area (TPSA) is 58.7 Å². The molecule has 6 heteroatoms. The van der Waals surface area contributed by atoms with E-state index in [4.69, 9.17) is 4.42 Å². The van der Waals surface area contributed by atoms with Crippen molar-refractivity contribution < 1.29 is 14.0 Å². The predicted molar refractivity (Wildman–Crippen MR) is 105 cm³/mol. The minimum atomic E-state index is -0.0177. The number of rotatable bonds is 8. The molecule has 0 aromatic carbocycles. The molecule has 2 aromatic rings. The maximum atomic E-state index is 13.3. The van der Waals surface area contributed by atoms with Crippen LogP contribution in [0.2, 0.25) is 0 Å². The number of aryl methyl sites for hydroxylation is 1. The zero-order valence-corrected chi connectivity index (χ0v) is 16.5. The Balaban J connectivity index is 1.48. The van der Waals surface area contributed by atoms with Crippen LogP contribution in [0.1, 0.15) is 50.0 Å². The fraction of sp³-hybridized carbons (Fsp3) is 0.545. The molecule has 0 aliphatic heterocycles. The van der Waals surface area contributed by atoms with Gasteiger partial charge in [-0.2, -0.15) is 0 Å². The van der Waals surface area contributed by atoms with Gasteiger partial charge in [-0.25, -0.2) is 0 Å². The van der Waals surface area contributed by atoms with Crippen LogP contribution in [0.4, 0.5) is 0 Å². The van der Waals surface area contributed by atoms with Crippen LogP contribution >= 0.6 is 0 Å². The highest BCUT2D eigenvalue weighted by molar-refractivity contribution is 5.86. The van der Waals surface area contributed by atoms with E-state index in [1.807, 2.05) is 47.0 Å². The first-order valence-electron chi connectivity index (χ1n) is 10.3. The number of hydrogen-bond donors (Lipinski definition) is 0. The minimum Gasteiger partial charge on any atom is -0.467 e. The summed E-state index contributed by atoms with van der Waals surface area (Å²) in [6, 6.07) is 7.96. The molecule has 0 atom stereocenters. The molecule has 2 aliphatic carbocycles. The second-order valence-corrected chi connectivity index (χ2v) is 8.12. The van der Waals surface area contributed by atoms with Crippen molar-refractivity contribution in [3.05, 3.63) is 48.2 Å². The quantitative estimate of drug-likeness (QED) is 0.703. The number of amides is 2. The third-order valence-corrected chi connectivity index (χ3v) is 5.96. The molecule has 2 fully saturated rings. The van der Waals surface area contributed by atoms with Crippen LogP contribution in [0.25, 0.3) is 0 Å². The Bertz CT molecular complexity index is 801. The van der Waals surface area contributed by atoms with E-state index in [0.717, 1.165) is 50.0 Å². The third-order valence-electron chi connectivity index (χ3n) is 5.96. The molecule has 2 amide bonds. The molecule has 0 saturated heterocycles. The molecule has 0 bridgehead atoms. The molecule has 28 heavy (non-hydrogen) atoms. The third kappa shape index (κ3) is 4.32. The highest BCUT2D eigenvalue weighted by atomic mass is 16.3. The van der Waals surface area contributed by atoms with Gasteiger partial charge in [-0.1, -0.05) is 12.8 Å². The monoisotopic (exact) mass is 383 g/mol. The van der Waals surface area contributed by atoms with Gasteiger partial charge in [0.05, 0.1) is 19.4 Å². The van der Waals surface area contributed by atoms with Gasteiger partial charge in [-0.05, 0) is 49.9 Å². The number of furan rings is 1. The second kappa shape index (κ2) is 8.25. The molecule has 0 unspecified atom stereocenters. The molecular formula is C22H29N3O3. The van der Waals surface area contributed by atoms with E-state index in [9.17, 15) is 9.59 Å². The van der Waals surface area contributed by atoms with Crippen molar-refractivity contribution in [1.29, 1.82) is 0 Å². The summed E-state index contributed by atoms with van der Waals surface area (Å²) in [6.45, 7) is 1.08. The lowest BCUT2D eigenvalue weighted by atomic mass is 10.1. The van der Waals surface area contributed by atoms with Crippen LogP contribution in [-0.2, 0) is 29.7 Å². The number of carbonyl (C=O) groups excluding carboxylic acids is 2. The van der Waals surface area contributed by atoms with Crippen molar-refractivity contribution in [2.24, 2.45) is 13.0 Å². The molecule has 0 spiro atoms. The van der Waals surface area contributed by atoms with Gasteiger partial charge >= 0.3 is 0 Å². The molecular weight excluding hydrogens is 354 g/mol. The van der Waals surface area contributed by atoms with E-state index in [1.54, 1.807) is 11.2 Å². The van der Waals surface area contributed by atoms with Gasteiger partial charge in [0.2, 0.25) is 11.8 Å². The van der Waals surface area contributed by atoms with Gasteiger partial charge in [0.25, 0.3) is 0 Å². The molecule has 150 valence electrons. The van der Waals surface area contributed by atoms with Crippen LogP contribution in [0, 0.1) is 5.92 Å². The lowest BCUT2D eigenvalue weighted by Crippen LogP contribution is -2.45. The Labute approximate surface area is 166 Å². The van der Waals surface area contributed by atoms with Crippen molar-refractivity contribution in [2.45, 2.75) is 57.7 Å². The molecule has 4 rings (SSSR count). The lowest BCUT2D eigenvalue weighted by Gasteiger charge is -2.29. The Morgan fingerprint density at radius 3 is 2.50 bits per heavy atom. The summed E-state index contributed by atoms with van der Waals surface area (Å²) in [5.41, 5.74) is 1.06. The smallest absolute Gasteiger partial charge is 0.242 e. The van der Waals surface area contributed by atoms with E-state index in [-0.39, 0.29) is 30.3 Å². The SMILES string of the molecule is Cn1cccc1CN(Cc1ccco1)C(=O)CN(C(=O)C1CCCC1)C1CC1. The summed E-state index contributed by atoms with van der Waals surface area (Å²) >= 11 is 0.